The van der Waals surface area contributed by atoms with E-state index in [9.17, 15) is 9.59 Å². The highest BCUT2D eigenvalue weighted by Crippen LogP contribution is 2.34. The third-order valence-electron chi connectivity index (χ3n) is 5.50. The van der Waals surface area contributed by atoms with E-state index in [0.717, 1.165) is 16.7 Å². The molecule has 0 bridgehead atoms. The molecule has 3 aromatic rings. The summed E-state index contributed by atoms with van der Waals surface area (Å²) in [6, 6.07) is 17.0. The van der Waals surface area contributed by atoms with Crippen LogP contribution in [0.3, 0.4) is 0 Å². The third-order valence-corrected chi connectivity index (χ3v) is 5.91. The fourth-order valence-electron chi connectivity index (χ4n) is 3.57. The lowest BCUT2D eigenvalue weighted by Crippen LogP contribution is -2.24. The van der Waals surface area contributed by atoms with Crippen molar-refractivity contribution in [2.45, 2.75) is 40.2 Å². The summed E-state index contributed by atoms with van der Waals surface area (Å²) < 4.78 is 12.0. The summed E-state index contributed by atoms with van der Waals surface area (Å²) in [4.78, 5) is 24.4. The van der Waals surface area contributed by atoms with Crippen LogP contribution < -0.4 is 20.2 Å². The summed E-state index contributed by atoms with van der Waals surface area (Å²) in [5, 5.41) is 7.20. The number of rotatable bonds is 12. The predicted molar refractivity (Wildman–Crippen MR) is 152 cm³/mol. The number of carbonyl (C=O) groups excluding carboxylic acids is 2. The first-order chi connectivity index (χ1) is 18.3. The highest BCUT2D eigenvalue weighted by atomic mass is 35.5. The number of amides is 2. The molecular weight excluding hydrogens is 502 g/mol. The number of hydrogen-bond donors (Lipinski definition) is 2. The van der Waals surface area contributed by atoms with Gasteiger partial charge < -0.3 is 14.8 Å². The van der Waals surface area contributed by atoms with Crippen LogP contribution in [0.1, 0.15) is 41.2 Å². The first kappa shape index (κ1) is 28.5. The number of ether oxygens (including phenoxy) is 2. The lowest BCUT2D eigenvalue weighted by molar-refractivity contribution is -0.126. The van der Waals surface area contributed by atoms with E-state index in [1.807, 2.05) is 51.1 Å². The van der Waals surface area contributed by atoms with Crippen LogP contribution in [0.2, 0.25) is 5.02 Å². The van der Waals surface area contributed by atoms with Gasteiger partial charge in [0.15, 0.2) is 11.5 Å². The normalized spacial score (nSPS) is 10.7. The van der Waals surface area contributed by atoms with E-state index in [1.54, 1.807) is 30.3 Å². The van der Waals surface area contributed by atoms with Crippen LogP contribution in [0.5, 0.6) is 11.5 Å². The van der Waals surface area contributed by atoms with Crippen molar-refractivity contribution in [3.63, 3.8) is 0 Å². The van der Waals surface area contributed by atoms with E-state index >= 15 is 0 Å². The minimum absolute atomic E-state index is 0.388. The maximum atomic E-state index is 12.2. The van der Waals surface area contributed by atoms with Gasteiger partial charge >= 0.3 is 0 Å². The number of nitrogens with one attached hydrogen (secondary N) is 2. The smallest absolute Gasteiger partial charge is 0.249 e. The molecule has 8 heteroatoms. The molecule has 38 heavy (non-hydrogen) atoms. The molecule has 0 atom stereocenters. The quantitative estimate of drug-likeness (QED) is 0.127. The van der Waals surface area contributed by atoms with Gasteiger partial charge in [-0.05, 0) is 68.1 Å². The van der Waals surface area contributed by atoms with Gasteiger partial charge in [-0.2, -0.15) is 5.10 Å². The molecule has 2 amide bonds. The van der Waals surface area contributed by atoms with Crippen LogP contribution in [0, 0.1) is 13.8 Å². The van der Waals surface area contributed by atoms with E-state index < -0.39 is 11.8 Å². The molecule has 0 unspecified atom stereocenters. The standard InChI is InChI=1S/C30H32ClN3O4/c1-5-7-24-14-23(15-27(37-6-2)30(24)38-19-22-11-8-20(3)9-12-22)18-32-34-29(36)17-28(35)33-25-13-10-21(4)26(31)16-25/h5,8-16,18H,1,6-7,17,19H2,2-4H3,(H,33,35)(H,34,36). The Morgan fingerprint density at radius 3 is 2.47 bits per heavy atom. The Bertz CT molecular complexity index is 1320. The van der Waals surface area contributed by atoms with Crippen molar-refractivity contribution in [1.82, 2.24) is 5.43 Å². The Morgan fingerprint density at radius 2 is 1.79 bits per heavy atom. The zero-order valence-corrected chi connectivity index (χ0v) is 22.6. The Hall–Kier alpha value is -4.10. The number of allylic oxidation sites excluding steroid dienone is 1. The molecule has 3 rings (SSSR count). The topological polar surface area (TPSA) is 89.0 Å². The van der Waals surface area contributed by atoms with E-state index in [0.29, 0.717) is 47.4 Å². The van der Waals surface area contributed by atoms with Crippen LogP contribution in [0.4, 0.5) is 5.69 Å². The molecule has 0 aliphatic carbocycles. The highest BCUT2D eigenvalue weighted by molar-refractivity contribution is 6.31. The van der Waals surface area contributed by atoms with Crippen molar-refractivity contribution < 1.29 is 19.1 Å². The number of anilines is 1. The molecule has 198 valence electrons. The highest BCUT2D eigenvalue weighted by Gasteiger charge is 2.14. The number of carbonyl (C=O) groups is 2. The minimum Gasteiger partial charge on any atom is -0.490 e. The van der Waals surface area contributed by atoms with Gasteiger partial charge in [0, 0.05) is 16.3 Å². The lowest BCUT2D eigenvalue weighted by Gasteiger charge is -2.17. The predicted octanol–water partition coefficient (Wildman–Crippen LogP) is 6.14. The Balaban J connectivity index is 1.66. The van der Waals surface area contributed by atoms with E-state index in [4.69, 9.17) is 21.1 Å². The number of halogens is 1. The third kappa shape index (κ3) is 8.49. The van der Waals surface area contributed by atoms with E-state index in [1.165, 1.54) is 11.8 Å². The second kappa shape index (κ2) is 14.0. The second-order valence-electron chi connectivity index (χ2n) is 8.69. The van der Waals surface area contributed by atoms with E-state index in [-0.39, 0.29) is 6.42 Å². The maximum Gasteiger partial charge on any atom is 0.249 e. The van der Waals surface area contributed by atoms with Gasteiger partial charge in [-0.15, -0.1) is 6.58 Å². The minimum atomic E-state index is -0.550. The number of hydrazone groups is 1. The van der Waals surface area contributed by atoms with Crippen LogP contribution in [0.25, 0.3) is 0 Å². The first-order valence-corrected chi connectivity index (χ1v) is 12.6. The molecular formula is C30H32ClN3O4. The van der Waals surface area contributed by atoms with Crippen LogP contribution in [-0.4, -0.2) is 24.6 Å². The molecule has 0 aromatic heterocycles. The molecule has 0 saturated heterocycles. The number of nitrogens with zero attached hydrogens (tertiary/aromatic N) is 1. The van der Waals surface area contributed by atoms with Crippen molar-refractivity contribution in [3.8, 4) is 11.5 Å². The van der Waals surface area contributed by atoms with Crippen molar-refractivity contribution >= 4 is 35.3 Å². The van der Waals surface area contributed by atoms with Crippen molar-refractivity contribution in [2.75, 3.05) is 11.9 Å². The van der Waals surface area contributed by atoms with Gasteiger partial charge in [-0.3, -0.25) is 9.59 Å². The molecule has 0 spiro atoms. The van der Waals surface area contributed by atoms with Crippen LogP contribution in [-0.2, 0) is 22.6 Å². The molecule has 0 aliphatic rings. The van der Waals surface area contributed by atoms with Crippen molar-refractivity contribution in [1.29, 1.82) is 0 Å². The summed E-state index contributed by atoms with van der Waals surface area (Å²) in [7, 11) is 0. The van der Waals surface area contributed by atoms with Crippen LogP contribution in [0.15, 0.2) is 72.4 Å². The van der Waals surface area contributed by atoms with Gasteiger partial charge in [-0.1, -0.05) is 53.6 Å². The lowest BCUT2D eigenvalue weighted by atomic mass is 10.1. The van der Waals surface area contributed by atoms with Gasteiger partial charge in [0.25, 0.3) is 0 Å². The summed E-state index contributed by atoms with van der Waals surface area (Å²) in [5.41, 5.74) is 7.61. The molecule has 0 radical (unpaired) electrons. The number of hydrogen-bond acceptors (Lipinski definition) is 5. The molecule has 0 aliphatic heterocycles. The molecule has 7 nitrogen and oxygen atoms in total. The first-order valence-electron chi connectivity index (χ1n) is 12.3. The average Bonchev–Trinajstić information content (AvgIpc) is 2.87. The molecule has 0 fully saturated rings. The van der Waals surface area contributed by atoms with Gasteiger partial charge in [0.2, 0.25) is 11.8 Å². The molecule has 0 heterocycles. The van der Waals surface area contributed by atoms with Gasteiger partial charge in [0.1, 0.15) is 13.0 Å². The summed E-state index contributed by atoms with van der Waals surface area (Å²) in [6.07, 6.45) is 3.45. The summed E-state index contributed by atoms with van der Waals surface area (Å²) in [5.74, 6) is 0.190. The zero-order chi connectivity index (χ0) is 27.5. The average molecular weight is 534 g/mol. The van der Waals surface area contributed by atoms with Crippen molar-refractivity contribution in [3.05, 3.63) is 100 Å². The summed E-state index contributed by atoms with van der Waals surface area (Å²) >= 11 is 6.08. The van der Waals surface area contributed by atoms with Gasteiger partial charge in [-0.25, -0.2) is 5.43 Å². The monoisotopic (exact) mass is 533 g/mol. The van der Waals surface area contributed by atoms with E-state index in [2.05, 4.69) is 22.4 Å². The largest absolute Gasteiger partial charge is 0.490 e. The summed E-state index contributed by atoms with van der Waals surface area (Å²) in [6.45, 7) is 10.5. The Labute approximate surface area is 228 Å². The SMILES string of the molecule is C=CCc1cc(C=NNC(=O)CC(=O)Nc2ccc(C)c(Cl)c2)cc(OCC)c1OCc1ccc(C)cc1. The zero-order valence-electron chi connectivity index (χ0n) is 21.8. The maximum absolute atomic E-state index is 12.2. The fourth-order valence-corrected chi connectivity index (χ4v) is 3.75. The molecule has 3 aromatic carbocycles. The Kier molecular flexibility index (Phi) is 10.5. The molecule has 0 saturated carbocycles. The number of benzene rings is 3. The van der Waals surface area contributed by atoms with Gasteiger partial charge in [0.05, 0.1) is 12.8 Å². The molecule has 2 N–H and O–H groups in total. The number of aryl methyl sites for hydroxylation is 2. The Morgan fingerprint density at radius 1 is 1.03 bits per heavy atom. The second-order valence-corrected chi connectivity index (χ2v) is 9.10. The van der Waals surface area contributed by atoms with Crippen LogP contribution >= 0.6 is 11.6 Å². The van der Waals surface area contributed by atoms with Crippen molar-refractivity contribution in [2.24, 2.45) is 5.10 Å². The fraction of sp³-hybridized carbons (Fsp3) is 0.233.